The molecule has 0 aromatic heterocycles. The zero-order valence-electron chi connectivity index (χ0n) is 10.9. The minimum Gasteiger partial charge on any atom is -0.550 e. The second kappa shape index (κ2) is 9.36. The van der Waals surface area contributed by atoms with Crippen molar-refractivity contribution in [2.24, 2.45) is 0 Å². The van der Waals surface area contributed by atoms with E-state index in [1.165, 1.54) is 0 Å². The number of nitrogens with one attached hydrogen (secondary N) is 1. The van der Waals surface area contributed by atoms with Crippen molar-refractivity contribution in [2.45, 2.75) is 19.4 Å². The Morgan fingerprint density at radius 2 is 2.05 bits per heavy atom. The van der Waals surface area contributed by atoms with Gasteiger partial charge in [0, 0.05) is 29.0 Å². The van der Waals surface area contributed by atoms with Gasteiger partial charge < -0.3 is 20.0 Å². The number of ether oxygens (including phenoxy) is 1. The van der Waals surface area contributed by atoms with E-state index >= 15 is 0 Å². The fourth-order valence-corrected chi connectivity index (χ4v) is 1.79. The summed E-state index contributed by atoms with van der Waals surface area (Å²) in [7, 11) is 1.55. The van der Waals surface area contributed by atoms with Crippen LogP contribution in [0.5, 0.6) is 5.75 Å². The van der Waals surface area contributed by atoms with E-state index in [0.29, 0.717) is 5.75 Å². The molecule has 0 atom stereocenters. The predicted octanol–water partition coefficient (Wildman–Crippen LogP) is -2.39. The van der Waals surface area contributed by atoms with Gasteiger partial charge in [0.25, 0.3) is 0 Å². The summed E-state index contributed by atoms with van der Waals surface area (Å²) in [6.07, 6.45) is -0.361. The van der Waals surface area contributed by atoms with E-state index in [-0.39, 0.29) is 54.9 Å². The summed E-state index contributed by atoms with van der Waals surface area (Å²) in [6, 6.07) is 5.45. The summed E-state index contributed by atoms with van der Waals surface area (Å²) >= 11 is 3.33. The fraction of sp³-hybridized carbons (Fsp3) is 0.333. The molecule has 1 N–H and O–H groups in total. The van der Waals surface area contributed by atoms with Crippen LogP contribution in [0, 0.1) is 0 Å². The normalized spacial score (nSPS) is 9.37. The van der Waals surface area contributed by atoms with Crippen molar-refractivity contribution in [3.63, 3.8) is 0 Å². The molecule has 0 aliphatic heterocycles. The van der Waals surface area contributed by atoms with E-state index in [0.717, 1.165) is 10.0 Å². The van der Waals surface area contributed by atoms with E-state index in [9.17, 15) is 14.7 Å². The van der Waals surface area contributed by atoms with Crippen LogP contribution in [0.3, 0.4) is 0 Å². The van der Waals surface area contributed by atoms with E-state index in [4.69, 9.17) is 4.74 Å². The maximum Gasteiger partial charge on any atom is 1.00 e. The Labute approximate surface area is 142 Å². The average molecular weight is 338 g/mol. The first-order valence-corrected chi connectivity index (χ1v) is 6.11. The summed E-state index contributed by atoms with van der Waals surface area (Å²) in [5, 5.41) is 12.8. The van der Waals surface area contributed by atoms with Crippen molar-refractivity contribution in [1.82, 2.24) is 5.32 Å². The van der Waals surface area contributed by atoms with E-state index in [1.807, 2.05) is 12.1 Å². The number of methoxy groups -OCH3 is 1. The second-order valence-corrected chi connectivity index (χ2v) is 4.52. The number of carbonyl (C=O) groups excluding carboxylic acids is 2. The molecule has 0 aliphatic carbocycles. The molecule has 1 aromatic carbocycles. The van der Waals surface area contributed by atoms with Crippen LogP contribution >= 0.6 is 15.9 Å². The Morgan fingerprint density at radius 3 is 2.63 bits per heavy atom. The number of hydrogen-bond acceptors (Lipinski definition) is 4. The predicted molar refractivity (Wildman–Crippen MR) is 66.8 cm³/mol. The fourth-order valence-electron chi connectivity index (χ4n) is 1.38. The van der Waals surface area contributed by atoms with Gasteiger partial charge >= 0.3 is 29.6 Å². The summed E-state index contributed by atoms with van der Waals surface area (Å²) < 4.78 is 6.03. The van der Waals surface area contributed by atoms with Crippen LogP contribution in [0.2, 0.25) is 0 Å². The van der Waals surface area contributed by atoms with Crippen LogP contribution in [-0.4, -0.2) is 19.0 Å². The molecule has 0 aliphatic rings. The number of hydrogen-bond donors (Lipinski definition) is 1. The Hall–Kier alpha value is -0.560. The van der Waals surface area contributed by atoms with Crippen LogP contribution in [0.25, 0.3) is 0 Å². The number of carboxylic acid groups (broad SMARTS) is 1. The molecule has 98 valence electrons. The molecule has 7 heteroatoms. The first-order valence-electron chi connectivity index (χ1n) is 5.32. The van der Waals surface area contributed by atoms with Gasteiger partial charge in [0.1, 0.15) is 5.75 Å². The molecule has 0 saturated carbocycles. The molecule has 0 bridgehead atoms. The Kier molecular flexibility index (Phi) is 9.08. The van der Waals surface area contributed by atoms with Crippen LogP contribution in [0.4, 0.5) is 0 Å². The number of carbonyl (C=O) groups is 2. The summed E-state index contributed by atoms with van der Waals surface area (Å²) in [4.78, 5) is 21.6. The van der Waals surface area contributed by atoms with Gasteiger partial charge in [-0.1, -0.05) is 15.9 Å². The monoisotopic (exact) mass is 337 g/mol. The van der Waals surface area contributed by atoms with Gasteiger partial charge in [0.05, 0.1) is 7.11 Å². The first-order chi connectivity index (χ1) is 8.52. The summed E-state index contributed by atoms with van der Waals surface area (Å²) in [5.74, 6) is -0.898. The molecule has 19 heavy (non-hydrogen) atoms. The molecule has 0 heterocycles. The van der Waals surface area contributed by atoms with Gasteiger partial charge in [0.15, 0.2) is 0 Å². The maximum atomic E-state index is 11.4. The molecular weight excluding hydrogens is 325 g/mol. The number of carboxylic acids is 1. The third kappa shape index (κ3) is 6.96. The van der Waals surface area contributed by atoms with Crippen molar-refractivity contribution in [3.05, 3.63) is 28.2 Å². The number of benzene rings is 1. The van der Waals surface area contributed by atoms with Gasteiger partial charge in [-0.2, -0.15) is 0 Å². The Morgan fingerprint density at radius 1 is 1.37 bits per heavy atom. The SMILES string of the molecule is COc1ccc(Br)cc1CNC(=O)CCC(=O)[O-].[Na+]. The molecule has 5 nitrogen and oxygen atoms in total. The molecular formula is C12H13BrNNaO4. The van der Waals surface area contributed by atoms with Gasteiger partial charge in [-0.05, 0) is 24.6 Å². The standard InChI is InChI=1S/C12H14BrNO4.Na/c1-18-10-3-2-9(13)6-8(10)7-14-11(15)4-5-12(16)17;/h2-3,6H,4-5,7H2,1H3,(H,14,15)(H,16,17);/q;+1/p-1. The van der Waals surface area contributed by atoms with Gasteiger partial charge in [0.2, 0.25) is 5.91 Å². The van der Waals surface area contributed by atoms with Crippen LogP contribution in [-0.2, 0) is 16.1 Å². The van der Waals surface area contributed by atoms with Crippen LogP contribution in [0.15, 0.2) is 22.7 Å². The molecule has 0 fully saturated rings. The molecule has 1 aromatic rings. The first kappa shape index (κ1) is 18.4. The van der Waals surface area contributed by atoms with Gasteiger partial charge in [-0.25, -0.2) is 0 Å². The van der Waals surface area contributed by atoms with Crippen LogP contribution < -0.4 is 44.7 Å². The van der Waals surface area contributed by atoms with Gasteiger partial charge in [-0.15, -0.1) is 0 Å². The largest absolute Gasteiger partial charge is 1.00 e. The summed E-state index contributed by atoms with van der Waals surface area (Å²) in [6.45, 7) is 0.286. The average Bonchev–Trinajstić information content (AvgIpc) is 2.34. The summed E-state index contributed by atoms with van der Waals surface area (Å²) in [5.41, 5.74) is 0.814. The van der Waals surface area contributed by atoms with E-state index in [2.05, 4.69) is 21.2 Å². The minimum atomic E-state index is -1.23. The van der Waals surface area contributed by atoms with E-state index < -0.39 is 5.97 Å². The molecule has 1 rings (SSSR count). The van der Waals surface area contributed by atoms with Gasteiger partial charge in [-0.3, -0.25) is 4.79 Å². The smallest absolute Gasteiger partial charge is 0.550 e. The topological polar surface area (TPSA) is 78.5 Å². The molecule has 0 unspecified atom stereocenters. The molecule has 1 amide bonds. The minimum absolute atomic E-state index is 0. The number of amides is 1. The molecule has 0 saturated heterocycles. The maximum absolute atomic E-state index is 11.4. The zero-order valence-corrected chi connectivity index (χ0v) is 14.5. The number of rotatable bonds is 6. The Bertz CT molecular complexity index is 453. The van der Waals surface area contributed by atoms with Crippen molar-refractivity contribution < 1.29 is 49.0 Å². The van der Waals surface area contributed by atoms with Crippen molar-refractivity contribution in [2.75, 3.05) is 7.11 Å². The third-order valence-electron chi connectivity index (χ3n) is 2.27. The molecule has 0 spiro atoms. The van der Waals surface area contributed by atoms with Crippen LogP contribution in [0.1, 0.15) is 18.4 Å². The van der Waals surface area contributed by atoms with Crippen molar-refractivity contribution in [1.29, 1.82) is 0 Å². The number of halogens is 1. The number of aliphatic carboxylic acids is 1. The van der Waals surface area contributed by atoms with Crippen molar-refractivity contribution >= 4 is 27.8 Å². The van der Waals surface area contributed by atoms with Crippen molar-refractivity contribution in [3.8, 4) is 5.75 Å². The Balaban J connectivity index is 0.00000324. The zero-order chi connectivity index (χ0) is 13.5. The quantitative estimate of drug-likeness (QED) is 0.587. The van der Waals surface area contributed by atoms with E-state index in [1.54, 1.807) is 13.2 Å². The third-order valence-corrected chi connectivity index (χ3v) is 2.77. The second-order valence-electron chi connectivity index (χ2n) is 3.60. The molecule has 0 radical (unpaired) electrons.